The summed E-state index contributed by atoms with van der Waals surface area (Å²) in [6.45, 7) is 18.5. The Bertz CT molecular complexity index is 2290. The Morgan fingerprint density at radius 3 is 1.52 bits per heavy atom. The molecule has 0 radical (unpaired) electrons. The molecule has 0 N–H and O–H groups in total. The Balaban J connectivity index is 1.22. The van der Waals surface area contributed by atoms with Gasteiger partial charge in [-0.25, -0.2) is 0 Å². The van der Waals surface area contributed by atoms with Crippen LogP contribution in [0.25, 0.3) is 34.4 Å². The van der Waals surface area contributed by atoms with Gasteiger partial charge in [-0.05, 0) is 110 Å². The summed E-state index contributed by atoms with van der Waals surface area (Å²) in [5, 5.41) is 0. The molecule has 8 rings (SSSR count). The lowest BCUT2D eigenvalue weighted by Gasteiger charge is -2.30. The van der Waals surface area contributed by atoms with Crippen molar-refractivity contribution in [3.8, 4) is 22.3 Å². The van der Waals surface area contributed by atoms with Gasteiger partial charge in [0.2, 0.25) is 0 Å². The van der Waals surface area contributed by atoms with Gasteiger partial charge in [-0.15, -0.1) is 0 Å². The first kappa shape index (κ1) is 32.1. The van der Waals surface area contributed by atoms with Crippen LogP contribution in [0.2, 0.25) is 0 Å². The summed E-state index contributed by atoms with van der Waals surface area (Å²) in [7, 11) is 0. The number of benzene rings is 6. The molecule has 0 heterocycles. The Labute approximate surface area is 299 Å². The lowest BCUT2D eigenvalue weighted by atomic mass is 9.81. The van der Waals surface area contributed by atoms with Gasteiger partial charge in [-0.2, -0.15) is 0 Å². The zero-order valence-corrected chi connectivity index (χ0v) is 30.7. The third-order valence-corrected chi connectivity index (χ3v) is 11.3. The highest BCUT2D eigenvalue weighted by Crippen LogP contribution is 2.53. The highest BCUT2D eigenvalue weighted by Gasteiger charge is 2.38. The Hall–Kier alpha value is -5.14. The van der Waals surface area contributed by atoms with E-state index in [0.717, 1.165) is 0 Å². The summed E-state index contributed by atoms with van der Waals surface area (Å²) in [5.41, 5.74) is 19.4. The van der Waals surface area contributed by atoms with E-state index in [4.69, 9.17) is 0 Å². The van der Waals surface area contributed by atoms with Crippen molar-refractivity contribution in [2.75, 3.05) is 4.90 Å². The minimum Gasteiger partial charge on any atom is -0.310 e. The average molecular weight is 650 g/mol. The van der Waals surface area contributed by atoms with Crippen LogP contribution in [0, 0.1) is 6.92 Å². The molecule has 0 spiro atoms. The largest absolute Gasteiger partial charge is 0.310 e. The van der Waals surface area contributed by atoms with Crippen LogP contribution in [0.1, 0.15) is 93.0 Å². The lowest BCUT2D eigenvalue weighted by molar-refractivity contribution is 0.590. The number of hydrogen-bond acceptors (Lipinski definition) is 1. The molecule has 0 amide bonds. The second-order valence-corrected chi connectivity index (χ2v) is 16.4. The van der Waals surface area contributed by atoms with Crippen LogP contribution in [0.3, 0.4) is 0 Å². The summed E-state index contributed by atoms with van der Waals surface area (Å²) >= 11 is 0. The maximum atomic E-state index is 2.46. The highest BCUT2D eigenvalue weighted by molar-refractivity contribution is 5.89. The topological polar surface area (TPSA) is 3.24 Å². The van der Waals surface area contributed by atoms with Crippen LogP contribution < -0.4 is 4.90 Å². The maximum absolute atomic E-state index is 2.46. The molecule has 248 valence electrons. The van der Waals surface area contributed by atoms with E-state index in [2.05, 4.69) is 200 Å². The average Bonchev–Trinajstić information content (AvgIpc) is 3.47. The quantitative estimate of drug-likeness (QED) is 0.168. The van der Waals surface area contributed by atoms with Crippen molar-refractivity contribution in [3.05, 3.63) is 172 Å². The van der Waals surface area contributed by atoms with E-state index < -0.39 is 0 Å². The molecule has 2 aliphatic rings. The van der Waals surface area contributed by atoms with E-state index in [1.807, 2.05) is 0 Å². The summed E-state index contributed by atoms with van der Waals surface area (Å²) in [6, 6.07) is 48.0. The first-order valence-electron chi connectivity index (χ1n) is 18.0. The zero-order valence-electron chi connectivity index (χ0n) is 30.7. The molecule has 0 bridgehead atoms. The third kappa shape index (κ3) is 5.23. The molecule has 0 saturated carbocycles. The van der Waals surface area contributed by atoms with Gasteiger partial charge in [-0.1, -0.05) is 157 Å². The molecule has 1 heteroatoms. The van der Waals surface area contributed by atoms with Crippen molar-refractivity contribution in [1.82, 2.24) is 0 Å². The highest BCUT2D eigenvalue weighted by atomic mass is 15.1. The number of hydrogen-bond donors (Lipinski definition) is 0. The van der Waals surface area contributed by atoms with Gasteiger partial charge in [-0.3, -0.25) is 0 Å². The van der Waals surface area contributed by atoms with E-state index in [-0.39, 0.29) is 16.2 Å². The standard InChI is InChI=1S/C49H47N/c1-32-13-15-33(16-14-32)17-18-34-19-26-40-42-28-25-38(31-46(42)49(7,8)44(40)29-34)50(36-22-20-35(21-23-36)47(2,3)4)37-24-27-41-39-11-9-10-12-43(39)48(5,6)45(41)30-37/h9-31H,1-8H3. The van der Waals surface area contributed by atoms with Crippen LogP contribution >= 0.6 is 0 Å². The minimum atomic E-state index is -0.141. The van der Waals surface area contributed by atoms with Gasteiger partial charge in [0.1, 0.15) is 0 Å². The molecule has 0 fully saturated rings. The molecule has 1 nitrogen and oxygen atoms in total. The van der Waals surface area contributed by atoms with E-state index in [9.17, 15) is 0 Å². The van der Waals surface area contributed by atoms with Crippen LogP contribution in [0.15, 0.2) is 127 Å². The zero-order chi connectivity index (χ0) is 35.0. The Morgan fingerprint density at radius 2 is 0.920 bits per heavy atom. The molecule has 0 aliphatic heterocycles. The molecule has 0 unspecified atom stereocenters. The molecular weight excluding hydrogens is 603 g/mol. The van der Waals surface area contributed by atoms with Gasteiger partial charge >= 0.3 is 0 Å². The second-order valence-electron chi connectivity index (χ2n) is 16.4. The minimum absolute atomic E-state index is 0.0725. The fraction of sp³-hybridized carbons (Fsp3) is 0.224. The summed E-state index contributed by atoms with van der Waals surface area (Å²) in [6.07, 6.45) is 4.46. The van der Waals surface area contributed by atoms with Crippen LogP contribution in [0.5, 0.6) is 0 Å². The van der Waals surface area contributed by atoms with Gasteiger partial charge in [0.05, 0.1) is 0 Å². The van der Waals surface area contributed by atoms with Gasteiger partial charge < -0.3 is 4.90 Å². The number of nitrogens with zero attached hydrogens (tertiary/aromatic N) is 1. The number of aryl methyl sites for hydroxylation is 1. The Kier molecular flexibility index (Phi) is 7.35. The van der Waals surface area contributed by atoms with E-state index in [1.54, 1.807) is 0 Å². The molecule has 0 atom stereocenters. The molecule has 0 aromatic heterocycles. The molecular formula is C49H47N. The first-order chi connectivity index (χ1) is 23.8. The van der Waals surface area contributed by atoms with Gasteiger partial charge in [0.15, 0.2) is 0 Å². The van der Waals surface area contributed by atoms with Crippen molar-refractivity contribution < 1.29 is 0 Å². The van der Waals surface area contributed by atoms with Gasteiger partial charge in [0, 0.05) is 27.9 Å². The summed E-state index contributed by atoms with van der Waals surface area (Å²) in [4.78, 5) is 2.46. The summed E-state index contributed by atoms with van der Waals surface area (Å²) < 4.78 is 0. The SMILES string of the molecule is Cc1ccc(C=Cc2ccc3c(c2)C(C)(C)c2cc(N(c4ccc(C(C)(C)C)cc4)c4ccc5c(c4)C(C)(C)c4ccccc4-5)ccc2-3)cc1. The van der Waals surface area contributed by atoms with E-state index in [0.29, 0.717) is 0 Å². The molecule has 0 saturated heterocycles. The van der Waals surface area contributed by atoms with Crippen molar-refractivity contribution in [1.29, 1.82) is 0 Å². The van der Waals surface area contributed by atoms with Crippen molar-refractivity contribution in [3.63, 3.8) is 0 Å². The van der Waals surface area contributed by atoms with Crippen molar-refractivity contribution in [2.24, 2.45) is 0 Å². The third-order valence-electron chi connectivity index (χ3n) is 11.3. The fourth-order valence-corrected chi connectivity index (χ4v) is 8.24. The smallest absolute Gasteiger partial charge is 0.0465 e. The van der Waals surface area contributed by atoms with Crippen molar-refractivity contribution in [2.45, 2.75) is 71.6 Å². The van der Waals surface area contributed by atoms with Crippen molar-refractivity contribution >= 4 is 29.2 Å². The predicted molar refractivity (Wildman–Crippen MR) is 215 cm³/mol. The van der Waals surface area contributed by atoms with Crippen LogP contribution in [0.4, 0.5) is 17.1 Å². The number of anilines is 3. The molecule has 2 aliphatic carbocycles. The predicted octanol–water partition coefficient (Wildman–Crippen LogP) is 13.5. The van der Waals surface area contributed by atoms with Crippen LogP contribution in [-0.2, 0) is 16.2 Å². The molecule has 6 aromatic carbocycles. The molecule has 50 heavy (non-hydrogen) atoms. The second kappa shape index (κ2) is 11.5. The summed E-state index contributed by atoms with van der Waals surface area (Å²) in [5.74, 6) is 0. The van der Waals surface area contributed by atoms with Crippen LogP contribution in [-0.4, -0.2) is 0 Å². The normalized spacial score (nSPS) is 15.0. The molecule has 6 aromatic rings. The first-order valence-corrected chi connectivity index (χ1v) is 18.0. The maximum Gasteiger partial charge on any atom is 0.0465 e. The lowest BCUT2D eigenvalue weighted by Crippen LogP contribution is -2.18. The Morgan fingerprint density at radius 1 is 0.460 bits per heavy atom. The van der Waals surface area contributed by atoms with E-state index >= 15 is 0 Å². The monoisotopic (exact) mass is 649 g/mol. The van der Waals surface area contributed by atoms with Gasteiger partial charge in [0.25, 0.3) is 0 Å². The number of rotatable bonds is 5. The number of fused-ring (bicyclic) bond motifs is 6. The van der Waals surface area contributed by atoms with E-state index in [1.165, 1.54) is 83.8 Å². The fourth-order valence-electron chi connectivity index (χ4n) is 8.24.